The van der Waals surface area contributed by atoms with E-state index in [-0.39, 0.29) is 0 Å². The van der Waals surface area contributed by atoms with Crippen LogP contribution in [0.4, 0.5) is 0 Å². The van der Waals surface area contributed by atoms with Gasteiger partial charge in [-0.1, -0.05) is 18.2 Å². The van der Waals surface area contributed by atoms with Gasteiger partial charge in [-0.2, -0.15) is 5.10 Å². The van der Waals surface area contributed by atoms with Gasteiger partial charge in [0.15, 0.2) is 5.96 Å². The molecular formula is C15H21N5O. The number of nitrogens with zero attached hydrogens (tertiary/aromatic N) is 2. The smallest absolute Gasteiger partial charge is 0.191 e. The van der Waals surface area contributed by atoms with Crippen LogP contribution in [0.25, 0.3) is 0 Å². The number of hydrogen-bond acceptors (Lipinski definition) is 3. The van der Waals surface area contributed by atoms with Crippen LogP contribution in [0.15, 0.2) is 41.5 Å². The zero-order valence-electron chi connectivity index (χ0n) is 12.4. The molecule has 0 unspecified atom stereocenters. The zero-order valence-corrected chi connectivity index (χ0v) is 12.4. The lowest BCUT2D eigenvalue weighted by atomic mass is 10.2. The molecule has 3 N–H and O–H groups in total. The van der Waals surface area contributed by atoms with Gasteiger partial charge >= 0.3 is 0 Å². The van der Waals surface area contributed by atoms with Gasteiger partial charge in [-0.15, -0.1) is 0 Å². The summed E-state index contributed by atoms with van der Waals surface area (Å²) in [7, 11) is 1.67. The fraction of sp³-hybridized carbons (Fsp3) is 0.333. The summed E-state index contributed by atoms with van der Waals surface area (Å²) in [4.78, 5) is 4.57. The Morgan fingerprint density at radius 1 is 1.29 bits per heavy atom. The average molecular weight is 287 g/mol. The first-order chi connectivity index (χ1) is 10.3. The van der Waals surface area contributed by atoms with Crippen molar-refractivity contribution in [3.63, 3.8) is 0 Å². The highest BCUT2D eigenvalue weighted by Crippen LogP contribution is 2.17. The number of hydrogen-bond donors (Lipinski definition) is 3. The SMILES string of the molecule is CCNC(=NCc1ccccc1OC)NCc1ccn[nH]1. The third-order valence-electron chi connectivity index (χ3n) is 2.95. The minimum absolute atomic E-state index is 0.558. The molecule has 2 rings (SSSR count). The van der Waals surface area contributed by atoms with Crippen molar-refractivity contribution < 1.29 is 4.74 Å². The van der Waals surface area contributed by atoms with E-state index in [1.165, 1.54) is 0 Å². The van der Waals surface area contributed by atoms with Crippen molar-refractivity contribution in [3.05, 3.63) is 47.8 Å². The summed E-state index contributed by atoms with van der Waals surface area (Å²) in [6.45, 7) is 4.05. The van der Waals surface area contributed by atoms with E-state index in [4.69, 9.17) is 4.74 Å². The Morgan fingerprint density at radius 3 is 2.86 bits per heavy atom. The van der Waals surface area contributed by atoms with E-state index in [1.807, 2.05) is 37.3 Å². The third-order valence-corrected chi connectivity index (χ3v) is 2.95. The van der Waals surface area contributed by atoms with Crippen LogP contribution in [0.1, 0.15) is 18.2 Å². The number of benzene rings is 1. The highest BCUT2D eigenvalue weighted by Gasteiger charge is 2.02. The van der Waals surface area contributed by atoms with Gasteiger partial charge in [0.1, 0.15) is 5.75 Å². The third kappa shape index (κ3) is 4.52. The molecule has 0 aliphatic carbocycles. The lowest BCUT2D eigenvalue weighted by Gasteiger charge is -2.11. The van der Waals surface area contributed by atoms with Gasteiger partial charge in [-0.25, -0.2) is 4.99 Å². The van der Waals surface area contributed by atoms with Gasteiger partial charge in [0, 0.05) is 18.3 Å². The topological polar surface area (TPSA) is 74.3 Å². The van der Waals surface area contributed by atoms with Gasteiger partial charge in [-0.05, 0) is 19.1 Å². The Labute approximate surface area is 124 Å². The molecule has 0 aliphatic rings. The predicted molar refractivity (Wildman–Crippen MR) is 83.2 cm³/mol. The minimum atomic E-state index is 0.558. The molecule has 0 radical (unpaired) electrons. The second kappa shape index (κ2) is 7.94. The van der Waals surface area contributed by atoms with Gasteiger partial charge < -0.3 is 15.4 Å². The van der Waals surface area contributed by atoms with E-state index < -0.39 is 0 Å². The first kappa shape index (κ1) is 14.9. The normalized spacial score (nSPS) is 11.2. The molecule has 0 atom stereocenters. The molecule has 1 aromatic carbocycles. The van der Waals surface area contributed by atoms with Crippen LogP contribution in [0.5, 0.6) is 5.75 Å². The zero-order chi connectivity index (χ0) is 14.9. The Kier molecular flexibility index (Phi) is 5.63. The van der Waals surface area contributed by atoms with Crippen LogP contribution in [0.3, 0.4) is 0 Å². The first-order valence-corrected chi connectivity index (χ1v) is 6.95. The molecule has 0 aliphatic heterocycles. The largest absolute Gasteiger partial charge is 0.496 e. The predicted octanol–water partition coefficient (Wildman–Crippen LogP) is 1.67. The Bertz CT molecular complexity index is 565. The van der Waals surface area contributed by atoms with Crippen LogP contribution in [-0.2, 0) is 13.1 Å². The summed E-state index contributed by atoms with van der Waals surface area (Å²) >= 11 is 0. The number of methoxy groups -OCH3 is 1. The number of aromatic nitrogens is 2. The molecule has 0 bridgehead atoms. The number of nitrogens with one attached hydrogen (secondary N) is 3. The lowest BCUT2D eigenvalue weighted by molar-refractivity contribution is 0.410. The number of guanidine groups is 1. The van der Waals surface area contributed by atoms with Gasteiger partial charge in [0.25, 0.3) is 0 Å². The molecule has 2 aromatic rings. The van der Waals surface area contributed by atoms with Crippen LogP contribution < -0.4 is 15.4 Å². The number of aliphatic imine (C=N–C) groups is 1. The Hall–Kier alpha value is -2.50. The summed E-state index contributed by atoms with van der Waals surface area (Å²) in [5, 5.41) is 13.3. The fourth-order valence-corrected chi connectivity index (χ4v) is 1.90. The van der Waals surface area contributed by atoms with Crippen molar-refractivity contribution >= 4 is 5.96 Å². The second-order valence-corrected chi connectivity index (χ2v) is 4.44. The summed E-state index contributed by atoms with van der Waals surface area (Å²) in [5.74, 6) is 1.61. The van der Waals surface area contributed by atoms with E-state index in [1.54, 1.807) is 13.3 Å². The van der Waals surface area contributed by atoms with Crippen molar-refractivity contribution in [1.82, 2.24) is 20.8 Å². The standard InChI is InChI=1S/C15H21N5O/c1-3-16-15(18-11-13-8-9-19-20-13)17-10-12-6-4-5-7-14(12)21-2/h4-9H,3,10-11H2,1-2H3,(H,19,20)(H2,16,17,18). The van der Waals surface area contributed by atoms with Crippen molar-refractivity contribution in [1.29, 1.82) is 0 Å². The summed E-state index contributed by atoms with van der Waals surface area (Å²) < 4.78 is 5.33. The van der Waals surface area contributed by atoms with E-state index >= 15 is 0 Å². The molecule has 0 saturated heterocycles. The van der Waals surface area contributed by atoms with Gasteiger partial charge in [0.2, 0.25) is 0 Å². The van der Waals surface area contributed by atoms with E-state index in [2.05, 4.69) is 25.8 Å². The number of rotatable bonds is 6. The van der Waals surface area contributed by atoms with Crippen molar-refractivity contribution in [3.8, 4) is 5.75 Å². The monoisotopic (exact) mass is 287 g/mol. The quantitative estimate of drug-likeness (QED) is 0.558. The molecular weight excluding hydrogens is 266 g/mol. The van der Waals surface area contributed by atoms with E-state index in [0.717, 1.165) is 29.5 Å². The number of para-hydroxylation sites is 1. The van der Waals surface area contributed by atoms with Crippen LogP contribution >= 0.6 is 0 Å². The van der Waals surface area contributed by atoms with Crippen LogP contribution in [0.2, 0.25) is 0 Å². The van der Waals surface area contributed by atoms with E-state index in [9.17, 15) is 0 Å². The highest BCUT2D eigenvalue weighted by atomic mass is 16.5. The maximum Gasteiger partial charge on any atom is 0.191 e. The summed E-state index contributed by atoms with van der Waals surface area (Å²) in [5.41, 5.74) is 2.07. The fourth-order valence-electron chi connectivity index (χ4n) is 1.90. The minimum Gasteiger partial charge on any atom is -0.496 e. The summed E-state index contributed by atoms with van der Waals surface area (Å²) in [6, 6.07) is 9.82. The molecule has 21 heavy (non-hydrogen) atoms. The molecule has 0 fully saturated rings. The van der Waals surface area contributed by atoms with Crippen molar-refractivity contribution in [2.75, 3.05) is 13.7 Å². The molecule has 0 saturated carbocycles. The van der Waals surface area contributed by atoms with E-state index in [0.29, 0.717) is 13.1 Å². The highest BCUT2D eigenvalue weighted by molar-refractivity contribution is 5.79. The number of ether oxygens (including phenoxy) is 1. The Balaban J connectivity index is 1.99. The first-order valence-electron chi connectivity index (χ1n) is 6.95. The molecule has 0 spiro atoms. The van der Waals surface area contributed by atoms with Gasteiger partial charge in [-0.3, -0.25) is 5.10 Å². The van der Waals surface area contributed by atoms with Crippen LogP contribution in [0, 0.1) is 0 Å². The summed E-state index contributed by atoms with van der Waals surface area (Å²) in [6.07, 6.45) is 1.73. The molecule has 1 aromatic heterocycles. The lowest BCUT2D eigenvalue weighted by Crippen LogP contribution is -2.36. The Morgan fingerprint density at radius 2 is 2.14 bits per heavy atom. The van der Waals surface area contributed by atoms with Crippen LogP contribution in [-0.4, -0.2) is 29.8 Å². The maximum absolute atomic E-state index is 5.33. The molecule has 6 heteroatoms. The average Bonchev–Trinajstić information content (AvgIpc) is 3.03. The van der Waals surface area contributed by atoms with Gasteiger partial charge in [0.05, 0.1) is 25.9 Å². The number of H-pyrrole nitrogens is 1. The van der Waals surface area contributed by atoms with Crippen molar-refractivity contribution in [2.24, 2.45) is 4.99 Å². The molecule has 112 valence electrons. The second-order valence-electron chi connectivity index (χ2n) is 4.44. The molecule has 0 amide bonds. The van der Waals surface area contributed by atoms with Crippen molar-refractivity contribution in [2.45, 2.75) is 20.0 Å². The number of aromatic amines is 1. The molecule has 1 heterocycles. The molecule has 6 nitrogen and oxygen atoms in total. The maximum atomic E-state index is 5.33.